The molecule has 1 aromatic heterocycles. The Kier molecular flexibility index (Phi) is 4.29. The van der Waals surface area contributed by atoms with Crippen molar-refractivity contribution in [2.45, 2.75) is 12.5 Å². The van der Waals surface area contributed by atoms with E-state index in [1.165, 1.54) is 4.68 Å². The Hall–Kier alpha value is -3.68. The molecule has 27 heavy (non-hydrogen) atoms. The van der Waals surface area contributed by atoms with Gasteiger partial charge in [0.25, 0.3) is 5.91 Å². The molecule has 2 amide bonds. The third kappa shape index (κ3) is 3.37. The second-order valence-corrected chi connectivity index (χ2v) is 6.06. The quantitative estimate of drug-likeness (QED) is 0.726. The normalized spacial score (nSPS) is 15.1. The van der Waals surface area contributed by atoms with Crippen molar-refractivity contribution in [2.75, 3.05) is 17.7 Å². The molecular formula is C19H17N5O3. The number of hydrogen-bond acceptors (Lipinski definition) is 5. The molecule has 0 unspecified atom stereocenters. The standard InChI is InChI=1S/C19H17N5O3/c1-27-14-9-5-8-13(10-14)20-16(25)11-15-18(26)22-19-21-17(23-24(15)19)12-6-3-2-4-7-12/h2-10,15H,11H2,1H3,(H,20,25)(H,21,22,23,26)/t15-/m0/s1. The minimum absolute atomic E-state index is 0.0480. The summed E-state index contributed by atoms with van der Waals surface area (Å²) in [4.78, 5) is 29.0. The molecule has 3 aromatic rings. The zero-order valence-corrected chi connectivity index (χ0v) is 14.5. The third-order valence-electron chi connectivity index (χ3n) is 4.23. The fourth-order valence-electron chi connectivity index (χ4n) is 2.91. The minimum Gasteiger partial charge on any atom is -0.497 e. The van der Waals surface area contributed by atoms with Crippen LogP contribution in [0.1, 0.15) is 12.5 Å². The molecule has 0 fully saturated rings. The first-order valence-corrected chi connectivity index (χ1v) is 8.41. The van der Waals surface area contributed by atoms with Crippen molar-refractivity contribution in [3.63, 3.8) is 0 Å². The van der Waals surface area contributed by atoms with Crippen molar-refractivity contribution in [1.29, 1.82) is 0 Å². The van der Waals surface area contributed by atoms with Gasteiger partial charge in [-0.3, -0.25) is 14.9 Å². The van der Waals surface area contributed by atoms with Crippen LogP contribution in [0.25, 0.3) is 11.4 Å². The summed E-state index contributed by atoms with van der Waals surface area (Å²) in [6.07, 6.45) is -0.0480. The molecule has 0 aliphatic carbocycles. The fourth-order valence-corrected chi connectivity index (χ4v) is 2.91. The second-order valence-electron chi connectivity index (χ2n) is 6.06. The number of hydrogen-bond donors (Lipinski definition) is 2. The van der Waals surface area contributed by atoms with E-state index >= 15 is 0 Å². The van der Waals surface area contributed by atoms with E-state index in [-0.39, 0.29) is 18.2 Å². The smallest absolute Gasteiger partial charge is 0.252 e. The Morgan fingerprint density at radius 1 is 1.22 bits per heavy atom. The number of rotatable bonds is 5. The van der Waals surface area contributed by atoms with E-state index in [0.29, 0.717) is 23.2 Å². The van der Waals surface area contributed by atoms with Crippen LogP contribution in [-0.2, 0) is 9.59 Å². The lowest BCUT2D eigenvalue weighted by atomic mass is 10.2. The summed E-state index contributed by atoms with van der Waals surface area (Å²) >= 11 is 0. The molecule has 0 radical (unpaired) electrons. The maximum atomic E-state index is 12.4. The highest BCUT2D eigenvalue weighted by molar-refractivity contribution is 6.01. The van der Waals surface area contributed by atoms with Crippen LogP contribution in [0, 0.1) is 0 Å². The molecule has 1 aliphatic rings. The molecule has 2 aromatic carbocycles. The number of benzene rings is 2. The summed E-state index contributed by atoms with van der Waals surface area (Å²) in [7, 11) is 1.56. The molecule has 0 saturated carbocycles. The monoisotopic (exact) mass is 363 g/mol. The molecule has 0 bridgehead atoms. The lowest BCUT2D eigenvalue weighted by Crippen LogP contribution is -2.23. The first-order valence-electron chi connectivity index (χ1n) is 8.41. The predicted octanol–water partition coefficient (Wildman–Crippen LogP) is 2.48. The number of nitrogens with one attached hydrogen (secondary N) is 2. The van der Waals surface area contributed by atoms with Gasteiger partial charge in [-0.2, -0.15) is 4.98 Å². The molecule has 136 valence electrons. The average molecular weight is 363 g/mol. The summed E-state index contributed by atoms with van der Waals surface area (Å²) < 4.78 is 6.61. The van der Waals surface area contributed by atoms with E-state index in [1.54, 1.807) is 31.4 Å². The molecule has 1 aliphatic heterocycles. The van der Waals surface area contributed by atoms with Gasteiger partial charge in [0.1, 0.15) is 11.8 Å². The van der Waals surface area contributed by atoms with Crippen LogP contribution in [0.5, 0.6) is 5.75 Å². The zero-order valence-electron chi connectivity index (χ0n) is 14.5. The van der Waals surface area contributed by atoms with Gasteiger partial charge < -0.3 is 10.1 Å². The largest absolute Gasteiger partial charge is 0.497 e. The Bertz CT molecular complexity index is 1000. The minimum atomic E-state index is -0.740. The predicted molar refractivity (Wildman–Crippen MR) is 99.4 cm³/mol. The SMILES string of the molecule is COc1cccc(NC(=O)C[C@H]2C(=O)Nc3nc(-c4ccccc4)nn32)c1. The van der Waals surface area contributed by atoms with Gasteiger partial charge in [0, 0.05) is 17.3 Å². The van der Waals surface area contributed by atoms with Gasteiger partial charge in [-0.1, -0.05) is 36.4 Å². The van der Waals surface area contributed by atoms with E-state index in [4.69, 9.17) is 4.74 Å². The maximum absolute atomic E-state index is 12.4. The summed E-state index contributed by atoms with van der Waals surface area (Å²) in [6.45, 7) is 0. The van der Waals surface area contributed by atoms with Gasteiger partial charge in [-0.05, 0) is 12.1 Å². The Morgan fingerprint density at radius 2 is 2.04 bits per heavy atom. The van der Waals surface area contributed by atoms with E-state index in [1.807, 2.05) is 30.3 Å². The topological polar surface area (TPSA) is 98.1 Å². The molecule has 8 nitrogen and oxygen atoms in total. The second kappa shape index (κ2) is 6.91. The zero-order chi connectivity index (χ0) is 18.8. The fraction of sp³-hybridized carbons (Fsp3) is 0.158. The molecule has 0 saturated heterocycles. The van der Waals surface area contributed by atoms with Crippen LogP contribution in [0.2, 0.25) is 0 Å². The van der Waals surface area contributed by atoms with Gasteiger partial charge in [0.15, 0.2) is 5.82 Å². The summed E-state index contributed by atoms with van der Waals surface area (Å²) in [5, 5.41) is 9.85. The Balaban J connectivity index is 1.50. The van der Waals surface area contributed by atoms with Crippen LogP contribution in [0.4, 0.5) is 11.6 Å². The number of carbonyl (C=O) groups excluding carboxylic acids is 2. The van der Waals surface area contributed by atoms with Crippen LogP contribution < -0.4 is 15.4 Å². The van der Waals surface area contributed by atoms with E-state index in [9.17, 15) is 9.59 Å². The maximum Gasteiger partial charge on any atom is 0.252 e. The summed E-state index contributed by atoms with van der Waals surface area (Å²) in [5.41, 5.74) is 1.44. The Morgan fingerprint density at radius 3 is 2.81 bits per heavy atom. The van der Waals surface area contributed by atoms with E-state index in [2.05, 4.69) is 20.7 Å². The van der Waals surface area contributed by atoms with Crippen molar-refractivity contribution in [2.24, 2.45) is 0 Å². The average Bonchev–Trinajstić information content (AvgIpc) is 3.21. The lowest BCUT2D eigenvalue weighted by molar-refractivity contribution is -0.123. The number of fused-ring (bicyclic) bond motifs is 1. The molecule has 8 heteroatoms. The van der Waals surface area contributed by atoms with Crippen molar-refractivity contribution in [1.82, 2.24) is 14.8 Å². The van der Waals surface area contributed by atoms with Crippen molar-refractivity contribution in [3.8, 4) is 17.1 Å². The Labute approximate surface area is 155 Å². The van der Waals surface area contributed by atoms with Crippen LogP contribution in [0.15, 0.2) is 54.6 Å². The highest BCUT2D eigenvalue weighted by Gasteiger charge is 2.35. The number of anilines is 2. The van der Waals surface area contributed by atoms with Gasteiger partial charge in [-0.25, -0.2) is 4.68 Å². The number of ether oxygens (including phenoxy) is 1. The first-order chi connectivity index (χ1) is 13.1. The summed E-state index contributed by atoms with van der Waals surface area (Å²) in [5.74, 6) is 0.887. The van der Waals surface area contributed by atoms with Crippen molar-refractivity contribution < 1.29 is 14.3 Å². The number of carbonyl (C=O) groups is 2. The molecule has 0 spiro atoms. The molecule has 4 rings (SSSR count). The summed E-state index contributed by atoms with van der Waals surface area (Å²) in [6, 6.07) is 15.7. The van der Waals surface area contributed by atoms with Crippen LogP contribution in [0.3, 0.4) is 0 Å². The van der Waals surface area contributed by atoms with Crippen molar-refractivity contribution in [3.05, 3.63) is 54.6 Å². The third-order valence-corrected chi connectivity index (χ3v) is 4.23. The first kappa shape index (κ1) is 16.8. The van der Waals surface area contributed by atoms with E-state index in [0.717, 1.165) is 5.56 Å². The molecule has 1 atom stereocenters. The molecule has 2 N–H and O–H groups in total. The van der Waals surface area contributed by atoms with Gasteiger partial charge in [-0.15, -0.1) is 5.10 Å². The van der Waals surface area contributed by atoms with Gasteiger partial charge >= 0.3 is 0 Å². The molecule has 2 heterocycles. The van der Waals surface area contributed by atoms with Gasteiger partial charge in [0.05, 0.1) is 13.5 Å². The van der Waals surface area contributed by atoms with Crippen LogP contribution in [-0.4, -0.2) is 33.7 Å². The van der Waals surface area contributed by atoms with Gasteiger partial charge in [0.2, 0.25) is 11.9 Å². The number of aromatic nitrogens is 3. The van der Waals surface area contributed by atoms with Crippen molar-refractivity contribution >= 4 is 23.5 Å². The number of amides is 2. The van der Waals surface area contributed by atoms with E-state index < -0.39 is 6.04 Å². The number of nitrogens with zero attached hydrogens (tertiary/aromatic N) is 3. The number of methoxy groups -OCH3 is 1. The van der Waals surface area contributed by atoms with Crippen LogP contribution >= 0.6 is 0 Å². The highest BCUT2D eigenvalue weighted by atomic mass is 16.5. The lowest BCUT2D eigenvalue weighted by Gasteiger charge is -2.10. The molecular weight excluding hydrogens is 346 g/mol. The highest BCUT2D eigenvalue weighted by Crippen LogP contribution is 2.28.